The average molecular weight is 290 g/mol. The molecular formula is C18H30N2O. The van der Waals surface area contributed by atoms with Crippen LogP contribution in [0.4, 0.5) is 0 Å². The summed E-state index contributed by atoms with van der Waals surface area (Å²) in [6.45, 7) is 11.8. The smallest absolute Gasteiger partial charge is 0.115 e. The predicted octanol–water partition coefficient (Wildman–Crippen LogP) is 3.13. The molecule has 1 aromatic rings. The van der Waals surface area contributed by atoms with Crippen LogP contribution in [0.3, 0.4) is 0 Å². The first-order chi connectivity index (χ1) is 10.1. The van der Waals surface area contributed by atoms with Gasteiger partial charge >= 0.3 is 0 Å². The molecule has 1 saturated heterocycles. The Hall–Kier alpha value is -1.06. The summed E-state index contributed by atoms with van der Waals surface area (Å²) in [7, 11) is 0. The lowest BCUT2D eigenvalue weighted by molar-refractivity contribution is 0.0749. The van der Waals surface area contributed by atoms with Crippen molar-refractivity contribution in [2.45, 2.75) is 52.1 Å². The Kier molecular flexibility index (Phi) is 6.07. The minimum Gasteiger partial charge on any atom is -0.508 e. The number of nitrogens with zero attached hydrogens (tertiary/aromatic N) is 2. The van der Waals surface area contributed by atoms with E-state index in [0.29, 0.717) is 11.8 Å². The fourth-order valence-electron chi connectivity index (χ4n) is 3.10. The molecule has 0 spiro atoms. The fourth-order valence-corrected chi connectivity index (χ4v) is 3.10. The van der Waals surface area contributed by atoms with E-state index < -0.39 is 0 Å². The number of rotatable bonds is 6. The molecule has 1 aromatic carbocycles. The van der Waals surface area contributed by atoms with Gasteiger partial charge in [-0.1, -0.05) is 19.1 Å². The Morgan fingerprint density at radius 1 is 0.952 bits per heavy atom. The lowest BCUT2D eigenvalue weighted by atomic mass is 10.0. The van der Waals surface area contributed by atoms with E-state index >= 15 is 0 Å². The lowest BCUT2D eigenvalue weighted by Crippen LogP contribution is -2.51. The van der Waals surface area contributed by atoms with Crippen LogP contribution in [-0.2, 0) is 6.42 Å². The van der Waals surface area contributed by atoms with E-state index in [-0.39, 0.29) is 0 Å². The van der Waals surface area contributed by atoms with Crippen LogP contribution < -0.4 is 0 Å². The zero-order valence-electron chi connectivity index (χ0n) is 13.8. The summed E-state index contributed by atoms with van der Waals surface area (Å²) in [5, 5.41) is 9.31. The summed E-state index contributed by atoms with van der Waals surface area (Å²) >= 11 is 0. The van der Waals surface area contributed by atoms with Crippen molar-refractivity contribution in [2.75, 3.05) is 26.2 Å². The number of aryl methyl sites for hydroxylation is 1. The topological polar surface area (TPSA) is 26.7 Å². The molecule has 0 aliphatic carbocycles. The lowest BCUT2D eigenvalue weighted by Gasteiger charge is -2.40. The molecule has 3 heteroatoms. The SMILES string of the molecule is CCC(C)N1CCN(C(C)CCc2ccc(O)cc2)CC1. The molecule has 0 bridgehead atoms. The number of hydrogen-bond donors (Lipinski definition) is 1. The van der Waals surface area contributed by atoms with E-state index in [4.69, 9.17) is 0 Å². The standard InChI is InChI=1S/C18H30N2O/c1-4-15(2)19-11-13-20(14-12-19)16(3)5-6-17-7-9-18(21)10-8-17/h7-10,15-16,21H,4-6,11-14H2,1-3H3. The van der Waals surface area contributed by atoms with E-state index in [2.05, 4.69) is 30.6 Å². The number of phenolic OH excluding ortho intramolecular Hbond substituents is 1. The van der Waals surface area contributed by atoms with Gasteiger partial charge in [-0.3, -0.25) is 9.80 Å². The zero-order valence-corrected chi connectivity index (χ0v) is 13.8. The summed E-state index contributed by atoms with van der Waals surface area (Å²) < 4.78 is 0. The van der Waals surface area contributed by atoms with Gasteiger partial charge in [0.05, 0.1) is 0 Å². The van der Waals surface area contributed by atoms with Gasteiger partial charge in [-0.25, -0.2) is 0 Å². The Morgan fingerprint density at radius 3 is 2.00 bits per heavy atom. The van der Waals surface area contributed by atoms with Crippen molar-refractivity contribution in [1.29, 1.82) is 0 Å². The van der Waals surface area contributed by atoms with Crippen LogP contribution >= 0.6 is 0 Å². The molecule has 0 aromatic heterocycles. The van der Waals surface area contributed by atoms with E-state index in [1.54, 1.807) is 12.1 Å². The number of phenols is 1. The van der Waals surface area contributed by atoms with Gasteiger partial charge in [0.15, 0.2) is 0 Å². The second kappa shape index (κ2) is 7.81. The Bertz CT molecular complexity index is 410. The molecule has 0 saturated carbocycles. The van der Waals surface area contributed by atoms with E-state index in [1.807, 2.05) is 12.1 Å². The minimum absolute atomic E-state index is 0.355. The van der Waals surface area contributed by atoms with Crippen LogP contribution in [0.2, 0.25) is 0 Å². The van der Waals surface area contributed by atoms with Crippen molar-refractivity contribution < 1.29 is 5.11 Å². The van der Waals surface area contributed by atoms with Gasteiger partial charge in [-0.05, 0) is 50.8 Å². The summed E-state index contributed by atoms with van der Waals surface area (Å²) in [5.74, 6) is 0.355. The van der Waals surface area contributed by atoms with Crippen LogP contribution in [0.1, 0.15) is 39.2 Å². The Balaban J connectivity index is 1.74. The van der Waals surface area contributed by atoms with Crippen molar-refractivity contribution >= 4 is 0 Å². The van der Waals surface area contributed by atoms with Crippen molar-refractivity contribution in [3.05, 3.63) is 29.8 Å². The predicted molar refractivity (Wildman–Crippen MR) is 88.8 cm³/mol. The zero-order chi connectivity index (χ0) is 15.2. The van der Waals surface area contributed by atoms with Crippen molar-refractivity contribution in [2.24, 2.45) is 0 Å². The van der Waals surface area contributed by atoms with Crippen molar-refractivity contribution in [1.82, 2.24) is 9.80 Å². The molecule has 21 heavy (non-hydrogen) atoms. The first-order valence-corrected chi connectivity index (χ1v) is 8.36. The minimum atomic E-state index is 0.355. The highest BCUT2D eigenvalue weighted by molar-refractivity contribution is 5.25. The van der Waals surface area contributed by atoms with Gasteiger partial charge < -0.3 is 5.11 Å². The molecule has 1 fully saturated rings. The van der Waals surface area contributed by atoms with Gasteiger partial charge in [-0.2, -0.15) is 0 Å². The first-order valence-electron chi connectivity index (χ1n) is 8.36. The molecule has 1 aliphatic rings. The number of hydrogen-bond acceptors (Lipinski definition) is 3. The third-order valence-corrected chi connectivity index (χ3v) is 4.97. The maximum absolute atomic E-state index is 9.31. The third kappa shape index (κ3) is 4.72. The summed E-state index contributed by atoms with van der Waals surface area (Å²) in [6.07, 6.45) is 3.53. The van der Waals surface area contributed by atoms with E-state index in [1.165, 1.54) is 44.6 Å². The normalized spacial score (nSPS) is 20.3. The number of piperazine rings is 1. The third-order valence-electron chi connectivity index (χ3n) is 4.97. The highest BCUT2D eigenvalue weighted by Gasteiger charge is 2.22. The number of benzene rings is 1. The largest absolute Gasteiger partial charge is 0.508 e. The molecule has 2 rings (SSSR count). The van der Waals surface area contributed by atoms with Crippen LogP contribution in [0.25, 0.3) is 0 Å². The molecule has 1 heterocycles. The first kappa shape index (κ1) is 16.3. The maximum atomic E-state index is 9.31. The molecule has 1 N–H and O–H groups in total. The van der Waals surface area contributed by atoms with Crippen LogP contribution in [0, 0.1) is 0 Å². The average Bonchev–Trinajstić information content (AvgIpc) is 2.53. The highest BCUT2D eigenvalue weighted by Crippen LogP contribution is 2.16. The Morgan fingerprint density at radius 2 is 1.48 bits per heavy atom. The van der Waals surface area contributed by atoms with Gasteiger partial charge in [0.25, 0.3) is 0 Å². The second-order valence-corrected chi connectivity index (χ2v) is 6.38. The fraction of sp³-hybridized carbons (Fsp3) is 0.667. The second-order valence-electron chi connectivity index (χ2n) is 6.38. The molecule has 1 aliphatic heterocycles. The summed E-state index contributed by atoms with van der Waals surface area (Å²) in [6, 6.07) is 8.99. The molecule has 0 radical (unpaired) electrons. The van der Waals surface area contributed by atoms with Gasteiger partial charge in [0.2, 0.25) is 0 Å². The van der Waals surface area contributed by atoms with Gasteiger partial charge in [0.1, 0.15) is 5.75 Å². The molecule has 118 valence electrons. The number of aromatic hydroxyl groups is 1. The van der Waals surface area contributed by atoms with Crippen molar-refractivity contribution in [3.63, 3.8) is 0 Å². The monoisotopic (exact) mass is 290 g/mol. The maximum Gasteiger partial charge on any atom is 0.115 e. The molecular weight excluding hydrogens is 260 g/mol. The highest BCUT2D eigenvalue weighted by atomic mass is 16.3. The van der Waals surface area contributed by atoms with Crippen LogP contribution in [0.5, 0.6) is 5.75 Å². The van der Waals surface area contributed by atoms with Gasteiger partial charge in [0, 0.05) is 38.3 Å². The quantitative estimate of drug-likeness (QED) is 0.872. The van der Waals surface area contributed by atoms with Crippen molar-refractivity contribution in [3.8, 4) is 5.75 Å². The molecule has 2 unspecified atom stereocenters. The van der Waals surface area contributed by atoms with Crippen LogP contribution in [0.15, 0.2) is 24.3 Å². The molecule has 0 amide bonds. The van der Waals surface area contributed by atoms with E-state index in [0.717, 1.165) is 12.5 Å². The van der Waals surface area contributed by atoms with Gasteiger partial charge in [-0.15, -0.1) is 0 Å². The molecule has 2 atom stereocenters. The summed E-state index contributed by atoms with van der Waals surface area (Å²) in [4.78, 5) is 5.24. The summed E-state index contributed by atoms with van der Waals surface area (Å²) in [5.41, 5.74) is 1.32. The Labute approximate surface area is 129 Å². The van der Waals surface area contributed by atoms with E-state index in [9.17, 15) is 5.11 Å². The molecule has 3 nitrogen and oxygen atoms in total. The van der Waals surface area contributed by atoms with Crippen LogP contribution in [-0.4, -0.2) is 53.2 Å².